The van der Waals surface area contributed by atoms with Crippen LogP contribution >= 0.6 is 0 Å². The van der Waals surface area contributed by atoms with E-state index >= 15 is 0 Å². The van der Waals surface area contributed by atoms with Crippen LogP contribution < -0.4 is 10.9 Å². The summed E-state index contributed by atoms with van der Waals surface area (Å²) < 4.78 is 6.30. The molecule has 0 aliphatic carbocycles. The van der Waals surface area contributed by atoms with Crippen molar-refractivity contribution >= 4 is 22.6 Å². The molecule has 3 rings (SSSR count). The number of amides is 1. The number of esters is 1. The molecule has 0 spiro atoms. The number of carbonyl (C=O) groups is 2. The van der Waals surface area contributed by atoms with Gasteiger partial charge < -0.3 is 10.1 Å². The number of aromatic nitrogens is 2. The lowest BCUT2D eigenvalue weighted by Crippen LogP contribution is -2.33. The average molecular weight is 407 g/mol. The lowest BCUT2D eigenvalue weighted by atomic mass is 9.97. The van der Waals surface area contributed by atoms with Crippen molar-refractivity contribution in [3.8, 4) is 0 Å². The second-order valence-electron chi connectivity index (χ2n) is 7.56. The normalized spacial score (nSPS) is 12.0. The third kappa shape index (κ3) is 4.92. The molecular weight excluding hydrogens is 382 g/mol. The van der Waals surface area contributed by atoms with E-state index in [9.17, 15) is 14.4 Å². The Morgan fingerprint density at radius 2 is 1.67 bits per heavy atom. The molecular formula is C23H25N3O4. The van der Waals surface area contributed by atoms with Crippen molar-refractivity contribution in [2.75, 3.05) is 6.61 Å². The molecule has 0 aliphatic rings. The van der Waals surface area contributed by atoms with Crippen LogP contribution in [-0.4, -0.2) is 28.3 Å². The van der Waals surface area contributed by atoms with Crippen molar-refractivity contribution in [1.29, 1.82) is 0 Å². The van der Waals surface area contributed by atoms with E-state index < -0.39 is 18.5 Å². The minimum atomic E-state index is -0.753. The first-order chi connectivity index (χ1) is 14.4. The third-order valence-corrected chi connectivity index (χ3v) is 4.73. The fraction of sp³-hybridized carbons (Fsp3) is 0.304. The Morgan fingerprint density at radius 1 is 1.03 bits per heavy atom. The van der Waals surface area contributed by atoms with Gasteiger partial charge >= 0.3 is 5.97 Å². The second kappa shape index (κ2) is 9.35. The van der Waals surface area contributed by atoms with E-state index in [1.807, 2.05) is 30.3 Å². The molecule has 30 heavy (non-hydrogen) atoms. The third-order valence-electron chi connectivity index (χ3n) is 4.73. The van der Waals surface area contributed by atoms with E-state index in [-0.39, 0.29) is 17.3 Å². The number of ether oxygens (including phenoxy) is 1. The number of benzene rings is 2. The van der Waals surface area contributed by atoms with Gasteiger partial charge in [-0.3, -0.25) is 9.59 Å². The summed E-state index contributed by atoms with van der Waals surface area (Å²) in [6.45, 7) is 3.73. The van der Waals surface area contributed by atoms with Gasteiger partial charge in [0.15, 0.2) is 12.3 Å². The molecule has 1 N–H and O–H groups in total. The standard InChI is InChI=1S/C23H25N3O4/c1-15(2)13-19(16-9-5-4-6-10-16)24-20(27)14-30-23(29)21-17-11-7-8-12-18(17)22(28)26(3)25-21/h4-12,15,19H,13-14H2,1-3H3,(H,24,27)/t19-/m0/s1. The van der Waals surface area contributed by atoms with Gasteiger partial charge in [0.1, 0.15) is 0 Å². The van der Waals surface area contributed by atoms with Gasteiger partial charge in [-0.05, 0) is 24.0 Å². The van der Waals surface area contributed by atoms with Crippen LogP contribution in [0.5, 0.6) is 0 Å². The minimum absolute atomic E-state index is 0.00212. The lowest BCUT2D eigenvalue weighted by Gasteiger charge is -2.21. The topological polar surface area (TPSA) is 90.3 Å². The number of hydrogen-bond donors (Lipinski definition) is 1. The van der Waals surface area contributed by atoms with E-state index in [1.165, 1.54) is 7.05 Å². The molecule has 1 atom stereocenters. The molecule has 156 valence electrons. The molecule has 0 radical (unpaired) electrons. The average Bonchev–Trinajstić information content (AvgIpc) is 2.74. The molecule has 0 saturated carbocycles. The molecule has 0 bridgehead atoms. The summed E-state index contributed by atoms with van der Waals surface area (Å²) in [6, 6.07) is 16.2. The van der Waals surface area contributed by atoms with Crippen LogP contribution in [0, 0.1) is 5.92 Å². The molecule has 0 aliphatic heterocycles. The summed E-state index contributed by atoms with van der Waals surface area (Å²) in [4.78, 5) is 37.2. The Kier molecular flexibility index (Phi) is 6.61. The van der Waals surface area contributed by atoms with Crippen molar-refractivity contribution < 1.29 is 14.3 Å². The fourth-order valence-corrected chi connectivity index (χ4v) is 3.32. The summed E-state index contributed by atoms with van der Waals surface area (Å²) in [6.07, 6.45) is 0.761. The fourth-order valence-electron chi connectivity index (χ4n) is 3.32. The Labute approximate surface area is 174 Å². The quantitative estimate of drug-likeness (QED) is 0.608. The van der Waals surface area contributed by atoms with Gasteiger partial charge in [0, 0.05) is 12.4 Å². The summed E-state index contributed by atoms with van der Waals surface area (Å²) in [5, 5.41) is 7.73. The maximum Gasteiger partial charge on any atom is 0.359 e. The predicted molar refractivity (Wildman–Crippen MR) is 114 cm³/mol. The van der Waals surface area contributed by atoms with Gasteiger partial charge in [-0.1, -0.05) is 62.4 Å². The number of rotatable bonds is 7. The smallest absolute Gasteiger partial charge is 0.359 e. The minimum Gasteiger partial charge on any atom is -0.451 e. The Balaban J connectivity index is 1.71. The molecule has 0 fully saturated rings. The molecule has 2 aromatic carbocycles. The monoisotopic (exact) mass is 407 g/mol. The van der Waals surface area contributed by atoms with E-state index in [0.29, 0.717) is 16.7 Å². The molecule has 7 nitrogen and oxygen atoms in total. The maximum absolute atomic E-state index is 12.6. The largest absolute Gasteiger partial charge is 0.451 e. The van der Waals surface area contributed by atoms with Crippen LogP contribution in [0.1, 0.15) is 42.4 Å². The van der Waals surface area contributed by atoms with Crippen molar-refractivity contribution in [2.24, 2.45) is 13.0 Å². The second-order valence-corrected chi connectivity index (χ2v) is 7.56. The van der Waals surface area contributed by atoms with Crippen molar-refractivity contribution in [1.82, 2.24) is 15.1 Å². The highest BCUT2D eigenvalue weighted by atomic mass is 16.5. The first-order valence-corrected chi connectivity index (χ1v) is 9.84. The highest BCUT2D eigenvalue weighted by Crippen LogP contribution is 2.21. The summed E-state index contributed by atoms with van der Waals surface area (Å²) in [5.41, 5.74) is 0.693. The SMILES string of the molecule is CC(C)C[C@H](NC(=O)COC(=O)c1nn(C)c(=O)c2ccccc12)c1ccccc1. The number of carbonyl (C=O) groups excluding carboxylic acids is 2. The number of nitrogens with one attached hydrogen (secondary N) is 1. The van der Waals surface area contributed by atoms with Crippen LogP contribution in [0.3, 0.4) is 0 Å². The molecule has 0 saturated heterocycles. The summed E-state index contributed by atoms with van der Waals surface area (Å²) in [7, 11) is 1.47. The zero-order chi connectivity index (χ0) is 21.7. The summed E-state index contributed by atoms with van der Waals surface area (Å²) in [5.74, 6) is -0.775. The zero-order valence-electron chi connectivity index (χ0n) is 17.3. The molecule has 0 unspecified atom stereocenters. The number of aryl methyl sites for hydroxylation is 1. The highest BCUT2D eigenvalue weighted by Gasteiger charge is 2.20. The maximum atomic E-state index is 12.6. The Morgan fingerprint density at radius 3 is 2.33 bits per heavy atom. The van der Waals surface area contributed by atoms with Crippen LogP contribution in [0.2, 0.25) is 0 Å². The van der Waals surface area contributed by atoms with Crippen LogP contribution in [0.25, 0.3) is 10.8 Å². The Bertz CT molecular complexity index is 1110. The van der Waals surface area contributed by atoms with Gasteiger partial charge in [0.2, 0.25) is 0 Å². The van der Waals surface area contributed by atoms with Crippen LogP contribution in [0.4, 0.5) is 0 Å². The number of fused-ring (bicyclic) bond motifs is 1. The van der Waals surface area contributed by atoms with Gasteiger partial charge in [0.25, 0.3) is 11.5 Å². The number of nitrogens with zero attached hydrogens (tertiary/aromatic N) is 2. The van der Waals surface area contributed by atoms with Gasteiger partial charge in [-0.25, -0.2) is 9.48 Å². The van der Waals surface area contributed by atoms with E-state index in [0.717, 1.165) is 16.7 Å². The van der Waals surface area contributed by atoms with Crippen LogP contribution in [-0.2, 0) is 16.6 Å². The van der Waals surface area contributed by atoms with Crippen molar-refractivity contribution in [3.63, 3.8) is 0 Å². The van der Waals surface area contributed by atoms with Gasteiger partial charge in [-0.2, -0.15) is 5.10 Å². The molecule has 7 heteroatoms. The first-order valence-electron chi connectivity index (χ1n) is 9.84. The van der Waals surface area contributed by atoms with Gasteiger partial charge in [-0.15, -0.1) is 0 Å². The Hall–Kier alpha value is -3.48. The lowest BCUT2D eigenvalue weighted by molar-refractivity contribution is -0.125. The highest BCUT2D eigenvalue weighted by molar-refractivity contribution is 6.02. The van der Waals surface area contributed by atoms with E-state index in [4.69, 9.17) is 4.74 Å². The molecule has 3 aromatic rings. The first kappa shape index (κ1) is 21.2. The van der Waals surface area contributed by atoms with Crippen LogP contribution in [0.15, 0.2) is 59.4 Å². The van der Waals surface area contributed by atoms with Crippen molar-refractivity contribution in [2.45, 2.75) is 26.3 Å². The molecule has 1 amide bonds. The molecule has 1 aromatic heterocycles. The molecule has 1 heterocycles. The predicted octanol–water partition coefficient (Wildman–Crippen LogP) is 2.99. The van der Waals surface area contributed by atoms with E-state index in [1.54, 1.807) is 24.3 Å². The van der Waals surface area contributed by atoms with Gasteiger partial charge in [0.05, 0.1) is 11.4 Å². The van der Waals surface area contributed by atoms with Crippen molar-refractivity contribution in [3.05, 3.63) is 76.2 Å². The summed E-state index contributed by atoms with van der Waals surface area (Å²) >= 11 is 0. The number of hydrogen-bond acceptors (Lipinski definition) is 5. The van der Waals surface area contributed by atoms with E-state index in [2.05, 4.69) is 24.3 Å². The zero-order valence-corrected chi connectivity index (χ0v) is 17.3.